The number of esters is 1. The second kappa shape index (κ2) is 23.9. The van der Waals surface area contributed by atoms with Gasteiger partial charge in [-0.2, -0.15) is 0 Å². The van der Waals surface area contributed by atoms with E-state index < -0.39 is 140 Å². The summed E-state index contributed by atoms with van der Waals surface area (Å²) < 4.78 is 28.3. The molecule has 5 aliphatic rings. The van der Waals surface area contributed by atoms with Crippen LogP contribution in [0.25, 0.3) is 22.3 Å². The van der Waals surface area contributed by atoms with Crippen molar-refractivity contribution in [2.45, 2.75) is 102 Å². The van der Waals surface area contributed by atoms with Crippen molar-refractivity contribution in [1.82, 2.24) is 51.7 Å². The van der Waals surface area contributed by atoms with Crippen LogP contribution >= 0.6 is 0 Å². The maximum atomic E-state index is 15.5. The Morgan fingerprint density at radius 2 is 1.54 bits per heavy atom. The summed E-state index contributed by atoms with van der Waals surface area (Å²) in [7, 11) is 0. The third kappa shape index (κ3) is 12.2. The summed E-state index contributed by atoms with van der Waals surface area (Å²) in [6.07, 6.45) is 3.53. The maximum absolute atomic E-state index is 15.5. The number of fused-ring (bicyclic) bond motifs is 5. The van der Waals surface area contributed by atoms with E-state index in [1.165, 1.54) is 10.6 Å². The first-order valence-electron chi connectivity index (χ1n) is 26.4. The van der Waals surface area contributed by atoms with Gasteiger partial charge in [0.05, 0.1) is 61.2 Å². The number of hydrogen-bond donors (Lipinski definition) is 9. The highest BCUT2D eigenvalue weighted by Crippen LogP contribution is 2.46. The number of aryl methyl sites for hydroxylation is 1. The number of cyclic esters (lactones) is 1. The lowest BCUT2D eigenvalue weighted by atomic mass is 9.81. The summed E-state index contributed by atoms with van der Waals surface area (Å²) in [5.74, 6) is -8.68. The monoisotopic (exact) mass is 1120 g/mol. The molecule has 2 aromatic carbocycles. The molecule has 1 saturated carbocycles. The van der Waals surface area contributed by atoms with Gasteiger partial charge in [0.1, 0.15) is 37.3 Å². The van der Waals surface area contributed by atoms with Gasteiger partial charge in [0.25, 0.3) is 17.4 Å². The SMILES string of the molecule is CC[C@@]1(O)C(=O)OCc2c1cc1n(c2=O)Cc2c-1nc1cc(F)c(C)c3c1c2[C@H](NC(=O)[C@@H](CC1CC1)OCNC(=O)CNC(=O)[C@H](Cc1ccccc1)NC(=O)CNC(=O)CNC(=O)[C@@H](CNCC(=O)O)N1C(=O)C=CC1=O)CC3. The number of carbonyl (C=O) groups is 10. The summed E-state index contributed by atoms with van der Waals surface area (Å²) in [6.45, 7) is -0.425. The second-order valence-electron chi connectivity index (χ2n) is 20.4. The van der Waals surface area contributed by atoms with Crippen molar-refractivity contribution >= 4 is 70.1 Å². The number of pyridine rings is 2. The van der Waals surface area contributed by atoms with Crippen molar-refractivity contribution in [3.63, 3.8) is 0 Å². The van der Waals surface area contributed by atoms with Gasteiger partial charge in [0.2, 0.25) is 35.4 Å². The van der Waals surface area contributed by atoms with Crippen molar-refractivity contribution in [2.75, 3.05) is 39.5 Å². The minimum Gasteiger partial charge on any atom is -0.480 e. The number of halogens is 1. The number of rotatable bonds is 24. The van der Waals surface area contributed by atoms with E-state index in [0.717, 1.165) is 30.6 Å². The quantitative estimate of drug-likeness (QED) is 0.0202. The number of nitrogens with one attached hydrogen (secondary N) is 7. The Hall–Kier alpha value is -8.75. The number of imide groups is 1. The number of carboxylic acids is 1. The Morgan fingerprint density at radius 1 is 0.852 bits per heavy atom. The molecule has 25 nitrogen and oxygen atoms in total. The van der Waals surface area contributed by atoms with Gasteiger partial charge in [-0.3, -0.25) is 52.8 Å². The van der Waals surface area contributed by atoms with Crippen LogP contribution in [0.1, 0.15) is 84.0 Å². The van der Waals surface area contributed by atoms with E-state index in [1.54, 1.807) is 50.2 Å². The molecule has 5 heterocycles. The van der Waals surface area contributed by atoms with Gasteiger partial charge in [0.15, 0.2) is 5.60 Å². The number of hydrogen-bond acceptors (Lipinski definition) is 16. The highest BCUT2D eigenvalue weighted by molar-refractivity contribution is 6.15. The van der Waals surface area contributed by atoms with E-state index in [9.17, 15) is 57.8 Å². The molecule has 0 radical (unpaired) electrons. The average molecular weight is 1120 g/mol. The third-order valence-electron chi connectivity index (χ3n) is 15.1. The molecule has 3 aliphatic heterocycles. The lowest BCUT2D eigenvalue weighted by Crippen LogP contribution is -2.56. The summed E-state index contributed by atoms with van der Waals surface area (Å²) in [4.78, 5) is 148. The fourth-order valence-corrected chi connectivity index (χ4v) is 10.6. The first-order chi connectivity index (χ1) is 38.8. The first-order valence-corrected chi connectivity index (χ1v) is 26.4. The molecule has 2 aromatic heterocycles. The number of amides is 8. The van der Waals surface area contributed by atoms with E-state index in [2.05, 4.69) is 37.2 Å². The van der Waals surface area contributed by atoms with Gasteiger partial charge in [-0.15, -0.1) is 0 Å². The largest absolute Gasteiger partial charge is 0.480 e. The number of benzene rings is 2. The van der Waals surface area contributed by atoms with Crippen molar-refractivity contribution in [2.24, 2.45) is 5.92 Å². The van der Waals surface area contributed by atoms with E-state index >= 15 is 4.39 Å². The smallest absolute Gasteiger partial charge is 0.343 e. The van der Waals surface area contributed by atoms with Crippen molar-refractivity contribution in [3.05, 3.63) is 110 Å². The molecule has 0 unspecified atom stereocenters. The zero-order valence-corrected chi connectivity index (χ0v) is 44.1. The Morgan fingerprint density at radius 3 is 2.23 bits per heavy atom. The number of aliphatic hydroxyl groups is 1. The van der Waals surface area contributed by atoms with Crippen LogP contribution in [0.2, 0.25) is 0 Å². The van der Waals surface area contributed by atoms with Crippen LogP contribution in [0.5, 0.6) is 0 Å². The fraction of sp³-hybridized carbons (Fsp3) is 0.418. The molecule has 81 heavy (non-hydrogen) atoms. The van der Waals surface area contributed by atoms with E-state index in [0.29, 0.717) is 68.7 Å². The Kier molecular flexibility index (Phi) is 16.8. The normalized spacial score (nSPS) is 18.6. The standard InChI is InChI=1S/C55H59FN10O15/c1-3-55(79)33-17-38-49-31(24-65(38)53(77)32(33)25-80-54(55)78)48-35(12-11-30-27(2)34(56)18-36(63-49)47(30)48)64-52(76)40(16-29-9-10-29)81-26-61-42(68)21-59-50(74)37(15-28-7-5-4-6-8-28)62-43(69)22-58-41(67)20-60-51(75)39(19-57-23-46(72)73)66-44(70)13-14-45(66)71/h4-8,13-14,17-18,29,35,37,39-40,57,79H,3,9-12,15-16,19-26H2,1-2H3,(H,58,67)(H,59,74)(H,60,75)(H,61,68)(H,62,69)(H,64,76)(H,72,73)/t35-,37+,39-,40-,55+/m1/s1. The molecule has 8 amide bonds. The summed E-state index contributed by atoms with van der Waals surface area (Å²) >= 11 is 0. The topological polar surface area (TPSA) is 352 Å². The molecule has 1 fully saturated rings. The van der Waals surface area contributed by atoms with Crippen LogP contribution in [0.4, 0.5) is 4.39 Å². The number of aliphatic carboxylic acids is 1. The maximum Gasteiger partial charge on any atom is 0.343 e. The molecular weight excluding hydrogens is 1060 g/mol. The molecule has 4 aromatic rings. The van der Waals surface area contributed by atoms with Crippen LogP contribution in [0.15, 0.2) is 59.4 Å². The van der Waals surface area contributed by atoms with Gasteiger partial charge in [-0.25, -0.2) is 14.2 Å². The molecule has 5 atom stereocenters. The highest BCUT2D eigenvalue weighted by Gasteiger charge is 2.46. The van der Waals surface area contributed by atoms with Gasteiger partial charge in [0, 0.05) is 47.7 Å². The summed E-state index contributed by atoms with van der Waals surface area (Å²) in [5.41, 5.74) is 1.73. The van der Waals surface area contributed by atoms with Gasteiger partial charge < -0.3 is 61.5 Å². The van der Waals surface area contributed by atoms with Crippen LogP contribution in [-0.4, -0.2) is 142 Å². The number of ether oxygens (including phenoxy) is 2. The zero-order chi connectivity index (χ0) is 57.9. The van der Waals surface area contributed by atoms with Gasteiger partial charge >= 0.3 is 11.9 Å². The van der Waals surface area contributed by atoms with Crippen molar-refractivity contribution in [1.29, 1.82) is 0 Å². The predicted octanol–water partition coefficient (Wildman–Crippen LogP) is -1.07. The Labute approximate surface area is 460 Å². The molecule has 0 spiro atoms. The molecular formula is C55H59FN10O15. The minimum atomic E-state index is -2.07. The van der Waals surface area contributed by atoms with Gasteiger partial charge in [-0.1, -0.05) is 50.1 Å². The third-order valence-corrected chi connectivity index (χ3v) is 15.1. The number of nitrogens with zero attached hydrogens (tertiary/aromatic N) is 3. The van der Waals surface area contributed by atoms with E-state index in [4.69, 9.17) is 19.6 Å². The summed E-state index contributed by atoms with van der Waals surface area (Å²) in [6, 6.07) is 8.07. The number of carbonyl (C=O) groups excluding carboxylic acids is 9. The highest BCUT2D eigenvalue weighted by atomic mass is 19.1. The summed E-state index contributed by atoms with van der Waals surface area (Å²) in [5, 5.41) is 38.8. The molecule has 2 aliphatic carbocycles. The van der Waals surface area contributed by atoms with Crippen LogP contribution in [0.3, 0.4) is 0 Å². The Balaban J connectivity index is 0.811. The lowest BCUT2D eigenvalue weighted by Gasteiger charge is -2.31. The number of aromatic nitrogens is 2. The van der Waals surface area contributed by atoms with Crippen molar-refractivity contribution < 1.29 is 72.0 Å². The molecule has 26 heteroatoms. The predicted molar refractivity (Wildman–Crippen MR) is 280 cm³/mol. The average Bonchev–Trinajstić information content (AvgIpc) is 4.08. The molecule has 0 saturated heterocycles. The number of carboxylic acid groups (broad SMARTS) is 1. The first kappa shape index (κ1) is 57.0. The molecule has 9 rings (SSSR count). The fourth-order valence-electron chi connectivity index (χ4n) is 10.6. The van der Waals surface area contributed by atoms with E-state index in [-0.39, 0.29) is 43.0 Å². The minimum absolute atomic E-state index is 0.0314. The molecule has 9 N–H and O–H groups in total. The Bertz CT molecular complexity index is 3360. The van der Waals surface area contributed by atoms with Gasteiger partial charge in [-0.05, 0) is 66.8 Å². The van der Waals surface area contributed by atoms with Crippen molar-refractivity contribution in [3.8, 4) is 11.4 Å². The van der Waals surface area contributed by atoms with Crippen LogP contribution in [0, 0.1) is 18.7 Å². The van der Waals surface area contributed by atoms with Crippen LogP contribution < -0.4 is 42.8 Å². The van der Waals surface area contributed by atoms with E-state index in [1.807, 2.05) is 0 Å². The molecule has 0 bridgehead atoms. The lowest BCUT2D eigenvalue weighted by molar-refractivity contribution is -0.172. The zero-order valence-electron chi connectivity index (χ0n) is 44.1. The second-order valence-corrected chi connectivity index (χ2v) is 20.4. The van der Waals surface area contributed by atoms with Crippen LogP contribution in [-0.2, 0) is 89.0 Å². The molecule has 426 valence electrons.